The summed E-state index contributed by atoms with van der Waals surface area (Å²) in [5.74, 6) is 0. The first-order chi connectivity index (χ1) is 9.04. The van der Waals surface area contributed by atoms with E-state index in [0.717, 1.165) is 16.7 Å². The first kappa shape index (κ1) is 15.0. The van der Waals surface area contributed by atoms with Crippen molar-refractivity contribution in [1.29, 1.82) is 0 Å². The second-order valence-electron chi connectivity index (χ2n) is 4.06. The zero-order chi connectivity index (χ0) is 14.0. The third-order valence-electron chi connectivity index (χ3n) is 2.81. The van der Waals surface area contributed by atoms with E-state index in [1.165, 1.54) is 0 Å². The number of nitrogens with two attached hydrogens (primary N) is 1. The molecule has 0 aromatic heterocycles. The molecule has 0 radical (unpaired) electrons. The van der Waals surface area contributed by atoms with E-state index in [1.807, 2.05) is 18.2 Å². The third kappa shape index (κ3) is 3.18. The Kier molecular flexibility index (Phi) is 4.99. The van der Waals surface area contributed by atoms with Crippen LogP contribution < -0.4 is 5.73 Å². The molecule has 0 aliphatic heterocycles. The molecule has 0 aliphatic rings. The van der Waals surface area contributed by atoms with Crippen LogP contribution in [0.5, 0.6) is 0 Å². The van der Waals surface area contributed by atoms with E-state index in [-0.39, 0.29) is 0 Å². The van der Waals surface area contributed by atoms with Crippen LogP contribution in [0.3, 0.4) is 0 Å². The van der Waals surface area contributed by atoms with E-state index >= 15 is 0 Å². The molecule has 5 heteroatoms. The molecule has 0 unspecified atom stereocenters. The van der Waals surface area contributed by atoms with Crippen LogP contribution in [0.4, 0.5) is 0 Å². The van der Waals surface area contributed by atoms with Crippen molar-refractivity contribution in [2.45, 2.75) is 6.42 Å². The molecular weight excluding hydrogens is 324 g/mol. The molecule has 0 fully saturated rings. The number of rotatable bonds is 3. The van der Waals surface area contributed by atoms with Crippen LogP contribution in [0, 0.1) is 0 Å². The van der Waals surface area contributed by atoms with Crippen LogP contribution in [0.15, 0.2) is 30.3 Å². The maximum absolute atomic E-state index is 6.40. The SMILES string of the molecule is NCCc1c(Cl)ccc(-c2ccc(Cl)c(Cl)c2)c1Cl. The van der Waals surface area contributed by atoms with Gasteiger partial charge in [-0.05, 0) is 42.3 Å². The van der Waals surface area contributed by atoms with Crippen molar-refractivity contribution in [2.75, 3.05) is 6.54 Å². The average Bonchev–Trinajstić information content (AvgIpc) is 2.38. The highest BCUT2D eigenvalue weighted by Crippen LogP contribution is 2.37. The van der Waals surface area contributed by atoms with Gasteiger partial charge < -0.3 is 5.73 Å². The Morgan fingerprint density at radius 3 is 2.16 bits per heavy atom. The maximum Gasteiger partial charge on any atom is 0.0598 e. The van der Waals surface area contributed by atoms with Crippen molar-refractivity contribution in [3.63, 3.8) is 0 Å². The molecule has 2 N–H and O–H groups in total. The van der Waals surface area contributed by atoms with Crippen molar-refractivity contribution < 1.29 is 0 Å². The Bertz CT molecular complexity index is 611. The van der Waals surface area contributed by atoms with E-state index < -0.39 is 0 Å². The maximum atomic E-state index is 6.40. The minimum atomic E-state index is 0.490. The molecule has 2 aromatic rings. The van der Waals surface area contributed by atoms with Gasteiger partial charge in [0.05, 0.1) is 15.1 Å². The Hall–Kier alpha value is -0.440. The zero-order valence-corrected chi connectivity index (χ0v) is 12.9. The molecule has 0 saturated carbocycles. The van der Waals surface area contributed by atoms with Crippen molar-refractivity contribution in [3.05, 3.63) is 56.0 Å². The van der Waals surface area contributed by atoms with Gasteiger partial charge in [-0.15, -0.1) is 0 Å². The molecule has 0 atom stereocenters. The van der Waals surface area contributed by atoms with Gasteiger partial charge in [0.1, 0.15) is 0 Å². The van der Waals surface area contributed by atoms with Crippen LogP contribution >= 0.6 is 46.4 Å². The summed E-state index contributed by atoms with van der Waals surface area (Å²) < 4.78 is 0. The predicted molar refractivity (Wildman–Crippen MR) is 84.7 cm³/mol. The topological polar surface area (TPSA) is 26.0 Å². The van der Waals surface area contributed by atoms with E-state index in [9.17, 15) is 0 Å². The Morgan fingerprint density at radius 2 is 1.53 bits per heavy atom. The molecule has 1 nitrogen and oxygen atoms in total. The molecule has 2 aromatic carbocycles. The number of benzene rings is 2. The van der Waals surface area contributed by atoms with Crippen molar-refractivity contribution in [3.8, 4) is 11.1 Å². The normalized spacial score (nSPS) is 10.8. The van der Waals surface area contributed by atoms with Gasteiger partial charge in [0, 0.05) is 10.6 Å². The summed E-state index contributed by atoms with van der Waals surface area (Å²) in [5, 5.41) is 2.24. The summed E-state index contributed by atoms with van der Waals surface area (Å²) in [6, 6.07) is 9.08. The van der Waals surface area contributed by atoms with E-state index in [4.69, 9.17) is 52.1 Å². The second-order valence-corrected chi connectivity index (χ2v) is 5.65. The van der Waals surface area contributed by atoms with Crippen LogP contribution in [0.2, 0.25) is 20.1 Å². The van der Waals surface area contributed by atoms with Gasteiger partial charge in [0.15, 0.2) is 0 Å². The average molecular weight is 335 g/mol. The summed E-state index contributed by atoms with van der Waals surface area (Å²) in [4.78, 5) is 0. The zero-order valence-electron chi connectivity index (χ0n) is 9.89. The van der Waals surface area contributed by atoms with E-state index in [0.29, 0.717) is 33.1 Å². The molecule has 0 heterocycles. The van der Waals surface area contributed by atoms with E-state index in [1.54, 1.807) is 12.1 Å². The van der Waals surface area contributed by atoms with Crippen LogP contribution in [-0.4, -0.2) is 6.54 Å². The van der Waals surface area contributed by atoms with Crippen molar-refractivity contribution in [1.82, 2.24) is 0 Å². The Labute approximate surface area is 132 Å². The summed E-state index contributed by atoms with van der Waals surface area (Å²) in [6.07, 6.45) is 0.632. The third-order valence-corrected chi connectivity index (χ3v) is 4.34. The summed E-state index contributed by atoms with van der Waals surface area (Å²) >= 11 is 24.5. The first-order valence-electron chi connectivity index (χ1n) is 5.67. The summed E-state index contributed by atoms with van der Waals surface area (Å²) in [6.45, 7) is 0.490. The van der Waals surface area contributed by atoms with Crippen molar-refractivity contribution >= 4 is 46.4 Å². The Balaban J connectivity index is 2.56. The van der Waals surface area contributed by atoms with Crippen LogP contribution in [-0.2, 0) is 6.42 Å². The molecular formula is C14H11Cl4N. The fraction of sp³-hybridized carbons (Fsp3) is 0.143. The van der Waals surface area contributed by atoms with Gasteiger partial charge in [0.25, 0.3) is 0 Å². The highest BCUT2D eigenvalue weighted by atomic mass is 35.5. The highest BCUT2D eigenvalue weighted by molar-refractivity contribution is 6.42. The predicted octanol–water partition coefficient (Wildman–Crippen LogP) is 5.47. The van der Waals surface area contributed by atoms with Crippen LogP contribution in [0.1, 0.15) is 5.56 Å². The first-order valence-corrected chi connectivity index (χ1v) is 7.18. The molecule has 0 amide bonds. The molecule has 0 saturated heterocycles. The fourth-order valence-corrected chi connectivity index (χ4v) is 2.82. The molecule has 0 aliphatic carbocycles. The monoisotopic (exact) mass is 333 g/mol. The largest absolute Gasteiger partial charge is 0.330 e. The molecule has 100 valence electrons. The van der Waals surface area contributed by atoms with Gasteiger partial charge in [-0.1, -0.05) is 58.5 Å². The highest BCUT2D eigenvalue weighted by Gasteiger charge is 2.12. The van der Waals surface area contributed by atoms with Gasteiger partial charge in [-0.2, -0.15) is 0 Å². The van der Waals surface area contributed by atoms with Gasteiger partial charge in [-0.3, -0.25) is 0 Å². The quantitative estimate of drug-likeness (QED) is 0.791. The molecule has 0 bridgehead atoms. The molecule has 0 spiro atoms. The summed E-state index contributed by atoms with van der Waals surface area (Å²) in [5.41, 5.74) is 8.20. The fourth-order valence-electron chi connectivity index (χ4n) is 1.86. The minimum absolute atomic E-state index is 0.490. The lowest BCUT2D eigenvalue weighted by molar-refractivity contribution is 0.969. The minimum Gasteiger partial charge on any atom is -0.330 e. The lowest BCUT2D eigenvalue weighted by Crippen LogP contribution is -2.04. The van der Waals surface area contributed by atoms with Crippen LogP contribution in [0.25, 0.3) is 11.1 Å². The van der Waals surface area contributed by atoms with E-state index in [2.05, 4.69) is 0 Å². The number of hydrogen-bond acceptors (Lipinski definition) is 1. The lowest BCUT2D eigenvalue weighted by atomic mass is 10.0. The number of hydrogen-bond donors (Lipinski definition) is 1. The standard InChI is InChI=1S/C14H11Cl4N/c15-11-4-2-9(14(18)10(11)5-6-19)8-1-3-12(16)13(17)7-8/h1-4,7H,5-6,19H2. The molecule has 2 rings (SSSR count). The van der Waals surface area contributed by atoms with Gasteiger partial charge in [0.2, 0.25) is 0 Å². The second kappa shape index (κ2) is 6.34. The summed E-state index contributed by atoms with van der Waals surface area (Å²) in [7, 11) is 0. The number of halogens is 4. The van der Waals surface area contributed by atoms with Gasteiger partial charge >= 0.3 is 0 Å². The molecule has 19 heavy (non-hydrogen) atoms. The van der Waals surface area contributed by atoms with Crippen molar-refractivity contribution in [2.24, 2.45) is 5.73 Å². The smallest absolute Gasteiger partial charge is 0.0598 e. The Morgan fingerprint density at radius 1 is 0.842 bits per heavy atom. The lowest BCUT2D eigenvalue weighted by Gasteiger charge is -2.12. The van der Waals surface area contributed by atoms with Gasteiger partial charge in [-0.25, -0.2) is 0 Å².